The van der Waals surface area contributed by atoms with Crippen molar-refractivity contribution in [2.24, 2.45) is 0 Å². The standard InChI is InChI=1S/C59H35N3OS/c1-2-11-36(12-3-1)41-17-10-18-44(31-41)48-29-28-47(55-51-33-42-15-6-7-16-43(42)35-52(51)63-56(48)55)38-22-24-39(25-23-38)57-60-58(45-26-21-37-13-4-5-14-40(37)32-45)62-59(61-57)46-27-30-54-50(34-46)49-19-8-9-20-53(49)64-54/h1-35H. The highest BCUT2D eigenvalue weighted by atomic mass is 32.1. The predicted molar refractivity (Wildman–Crippen MR) is 268 cm³/mol. The van der Waals surface area contributed by atoms with Gasteiger partial charge in [-0.2, -0.15) is 0 Å². The molecule has 10 aromatic carbocycles. The SMILES string of the molecule is c1ccc(-c2cccc(-c3ccc(-c4ccc(-c5nc(-c6ccc7ccccc7c6)nc(-c6ccc7sc8ccccc8c7c6)n5)cc4)c4c3oc3cc5ccccc5cc34)c2)cc1. The molecular weight excluding hydrogens is 799 g/mol. The van der Waals surface area contributed by atoms with E-state index >= 15 is 0 Å². The summed E-state index contributed by atoms with van der Waals surface area (Å²) in [5.41, 5.74) is 11.2. The van der Waals surface area contributed by atoms with Crippen LogP contribution in [0.1, 0.15) is 0 Å². The highest BCUT2D eigenvalue weighted by Gasteiger charge is 2.20. The molecule has 5 heteroatoms. The highest BCUT2D eigenvalue weighted by Crippen LogP contribution is 2.44. The Labute approximate surface area is 372 Å². The molecule has 4 nitrogen and oxygen atoms in total. The van der Waals surface area contributed by atoms with Crippen molar-refractivity contribution < 1.29 is 4.42 Å². The van der Waals surface area contributed by atoms with E-state index in [-0.39, 0.29) is 0 Å². The van der Waals surface area contributed by atoms with Crippen molar-refractivity contribution >= 4 is 75.0 Å². The van der Waals surface area contributed by atoms with Crippen LogP contribution in [0.2, 0.25) is 0 Å². The van der Waals surface area contributed by atoms with Gasteiger partial charge in [-0.15, -0.1) is 11.3 Å². The van der Waals surface area contributed by atoms with Crippen LogP contribution in [0.5, 0.6) is 0 Å². The molecule has 3 aromatic heterocycles. The van der Waals surface area contributed by atoms with Crippen molar-refractivity contribution in [3.8, 4) is 67.5 Å². The van der Waals surface area contributed by atoms with Gasteiger partial charge in [-0.3, -0.25) is 0 Å². The van der Waals surface area contributed by atoms with Gasteiger partial charge in [-0.25, -0.2) is 15.0 Å². The number of hydrogen-bond donors (Lipinski definition) is 0. The quantitative estimate of drug-likeness (QED) is 0.167. The van der Waals surface area contributed by atoms with E-state index in [2.05, 4.69) is 212 Å². The normalized spacial score (nSPS) is 11.8. The molecule has 0 saturated carbocycles. The summed E-state index contributed by atoms with van der Waals surface area (Å²) in [6, 6.07) is 75.2. The average Bonchev–Trinajstić information content (AvgIpc) is 3.93. The number of fused-ring (bicyclic) bond motifs is 8. The average molecular weight is 834 g/mol. The topological polar surface area (TPSA) is 51.8 Å². The van der Waals surface area contributed by atoms with Crippen molar-refractivity contribution in [2.75, 3.05) is 0 Å². The van der Waals surface area contributed by atoms with Crippen LogP contribution < -0.4 is 0 Å². The molecule has 0 unspecified atom stereocenters. The first-order valence-electron chi connectivity index (χ1n) is 21.5. The Morgan fingerprint density at radius 2 is 0.891 bits per heavy atom. The summed E-state index contributed by atoms with van der Waals surface area (Å²) in [4.78, 5) is 15.5. The van der Waals surface area contributed by atoms with E-state index in [1.165, 1.54) is 42.1 Å². The Morgan fingerprint density at radius 3 is 1.70 bits per heavy atom. The fourth-order valence-corrected chi connectivity index (χ4v) is 10.4. The summed E-state index contributed by atoms with van der Waals surface area (Å²) in [5, 5.41) is 9.26. The van der Waals surface area contributed by atoms with Crippen molar-refractivity contribution in [1.82, 2.24) is 15.0 Å². The molecule has 0 atom stereocenters. The maximum absolute atomic E-state index is 6.90. The van der Waals surface area contributed by atoms with Crippen LogP contribution in [0.3, 0.4) is 0 Å². The van der Waals surface area contributed by atoms with Gasteiger partial charge in [0.2, 0.25) is 0 Å². The number of nitrogens with zero attached hydrogens (tertiary/aromatic N) is 3. The third-order valence-electron chi connectivity index (χ3n) is 12.5. The molecule has 13 rings (SSSR count). The van der Waals surface area contributed by atoms with E-state index in [1.54, 1.807) is 0 Å². The lowest BCUT2D eigenvalue weighted by Gasteiger charge is -2.11. The van der Waals surface area contributed by atoms with Crippen molar-refractivity contribution in [3.63, 3.8) is 0 Å². The first-order valence-corrected chi connectivity index (χ1v) is 22.3. The third kappa shape index (κ3) is 6.17. The predicted octanol–water partition coefficient (Wildman–Crippen LogP) is 16.4. The zero-order valence-corrected chi connectivity index (χ0v) is 35.2. The lowest BCUT2D eigenvalue weighted by molar-refractivity contribution is 0.670. The zero-order valence-electron chi connectivity index (χ0n) is 34.4. The number of rotatable bonds is 6. The minimum atomic E-state index is 0.619. The molecule has 0 amide bonds. The Hall–Kier alpha value is -8.25. The summed E-state index contributed by atoms with van der Waals surface area (Å²) in [6.07, 6.45) is 0. The molecule has 0 N–H and O–H groups in total. The van der Waals surface area contributed by atoms with E-state index in [9.17, 15) is 0 Å². The number of benzene rings is 10. The highest BCUT2D eigenvalue weighted by molar-refractivity contribution is 7.25. The van der Waals surface area contributed by atoms with Gasteiger partial charge >= 0.3 is 0 Å². The fourth-order valence-electron chi connectivity index (χ4n) is 9.29. The van der Waals surface area contributed by atoms with E-state index < -0.39 is 0 Å². The van der Waals surface area contributed by atoms with E-state index in [0.29, 0.717) is 17.5 Å². The Bertz CT molecular complexity index is 3960. The first-order chi connectivity index (χ1) is 31.7. The van der Waals surface area contributed by atoms with Crippen LogP contribution in [0.4, 0.5) is 0 Å². The molecule has 0 saturated heterocycles. The molecule has 0 aliphatic heterocycles. The van der Waals surface area contributed by atoms with Gasteiger partial charge in [-0.05, 0) is 104 Å². The van der Waals surface area contributed by atoms with Crippen LogP contribution in [0, 0.1) is 0 Å². The second kappa shape index (κ2) is 14.7. The molecule has 0 aliphatic carbocycles. The maximum atomic E-state index is 6.90. The van der Waals surface area contributed by atoms with Crippen LogP contribution in [0.25, 0.3) is 131 Å². The molecule has 13 aromatic rings. The molecular formula is C59H35N3OS. The minimum Gasteiger partial charge on any atom is -0.455 e. The van der Waals surface area contributed by atoms with Crippen LogP contribution >= 0.6 is 11.3 Å². The van der Waals surface area contributed by atoms with Gasteiger partial charge in [0, 0.05) is 53.2 Å². The van der Waals surface area contributed by atoms with Gasteiger partial charge in [0.1, 0.15) is 11.2 Å². The largest absolute Gasteiger partial charge is 0.455 e. The van der Waals surface area contributed by atoms with E-state index in [0.717, 1.165) is 71.7 Å². The second-order valence-electron chi connectivity index (χ2n) is 16.4. The number of thiophene rings is 1. The smallest absolute Gasteiger partial charge is 0.164 e. The van der Waals surface area contributed by atoms with Crippen molar-refractivity contribution in [2.45, 2.75) is 0 Å². The second-order valence-corrected chi connectivity index (χ2v) is 17.4. The van der Waals surface area contributed by atoms with E-state index in [1.807, 2.05) is 11.3 Å². The summed E-state index contributed by atoms with van der Waals surface area (Å²) < 4.78 is 9.41. The Balaban J connectivity index is 0.959. The Morgan fingerprint density at radius 1 is 0.312 bits per heavy atom. The molecule has 298 valence electrons. The van der Waals surface area contributed by atoms with Crippen molar-refractivity contribution in [1.29, 1.82) is 0 Å². The molecule has 0 bridgehead atoms. The zero-order chi connectivity index (χ0) is 42.1. The fraction of sp³-hybridized carbons (Fsp3) is 0. The van der Waals surface area contributed by atoms with Gasteiger partial charge in [0.05, 0.1) is 0 Å². The molecule has 3 heterocycles. The lowest BCUT2D eigenvalue weighted by atomic mass is 9.92. The van der Waals surface area contributed by atoms with Crippen molar-refractivity contribution in [3.05, 3.63) is 212 Å². The minimum absolute atomic E-state index is 0.619. The number of hydrogen-bond acceptors (Lipinski definition) is 5. The monoisotopic (exact) mass is 833 g/mol. The van der Waals surface area contributed by atoms with Gasteiger partial charge in [-0.1, -0.05) is 158 Å². The molecule has 0 aliphatic rings. The maximum Gasteiger partial charge on any atom is 0.164 e. The van der Waals surface area contributed by atoms with Crippen LogP contribution in [-0.2, 0) is 0 Å². The van der Waals surface area contributed by atoms with Gasteiger partial charge in [0.15, 0.2) is 17.5 Å². The molecule has 0 fully saturated rings. The molecule has 0 spiro atoms. The lowest BCUT2D eigenvalue weighted by Crippen LogP contribution is -2.00. The number of furan rings is 1. The molecule has 64 heavy (non-hydrogen) atoms. The van der Waals surface area contributed by atoms with E-state index in [4.69, 9.17) is 19.4 Å². The summed E-state index contributed by atoms with van der Waals surface area (Å²) in [6.45, 7) is 0. The van der Waals surface area contributed by atoms with Gasteiger partial charge < -0.3 is 4.42 Å². The number of aromatic nitrogens is 3. The van der Waals surface area contributed by atoms with Crippen LogP contribution in [0.15, 0.2) is 217 Å². The molecule has 0 radical (unpaired) electrons. The summed E-state index contributed by atoms with van der Waals surface area (Å²) >= 11 is 1.81. The summed E-state index contributed by atoms with van der Waals surface area (Å²) in [7, 11) is 0. The summed E-state index contributed by atoms with van der Waals surface area (Å²) in [5.74, 6) is 1.89. The Kier molecular flexibility index (Phi) is 8.36. The van der Waals surface area contributed by atoms with Gasteiger partial charge in [0.25, 0.3) is 0 Å². The first kappa shape index (κ1) is 36.4. The third-order valence-corrected chi connectivity index (χ3v) is 13.7. The van der Waals surface area contributed by atoms with Crippen LogP contribution in [-0.4, -0.2) is 15.0 Å².